The summed E-state index contributed by atoms with van der Waals surface area (Å²) in [4.78, 5) is 12.2. The number of aromatic nitrogens is 1. The lowest BCUT2D eigenvalue weighted by atomic mass is 10.2. The van der Waals surface area contributed by atoms with E-state index < -0.39 is 21.0 Å². The summed E-state index contributed by atoms with van der Waals surface area (Å²) in [6.07, 6.45) is 0. The Morgan fingerprint density at radius 3 is 2.38 bits per heavy atom. The first-order valence-corrected chi connectivity index (χ1v) is 7.90. The molecule has 2 aromatic rings. The van der Waals surface area contributed by atoms with Crippen molar-refractivity contribution < 1.29 is 17.7 Å². The van der Waals surface area contributed by atoms with Crippen molar-refractivity contribution in [3.8, 4) is 0 Å². The monoisotopic (exact) mass is 308 g/mol. The van der Waals surface area contributed by atoms with E-state index in [4.69, 9.17) is 4.52 Å². The number of carbonyl (C=O) groups excluding carboxylic acids is 1. The summed E-state index contributed by atoms with van der Waals surface area (Å²) in [6, 6.07) is 7.89. The SMILES string of the molecule is Cc1ccc(S(=O)(=O)C(C)C(=O)Nc2cc(C)on2)cc1. The fourth-order valence-electron chi connectivity index (χ4n) is 1.73. The number of hydrogen-bond donors (Lipinski definition) is 1. The number of anilines is 1. The second-order valence-electron chi connectivity index (χ2n) is 4.81. The van der Waals surface area contributed by atoms with Gasteiger partial charge in [0.25, 0.3) is 0 Å². The first-order chi connectivity index (χ1) is 9.80. The summed E-state index contributed by atoms with van der Waals surface area (Å²) in [5.74, 6) is 0.0756. The van der Waals surface area contributed by atoms with Gasteiger partial charge in [0.2, 0.25) is 5.91 Å². The summed E-state index contributed by atoms with van der Waals surface area (Å²) in [5.41, 5.74) is 0.948. The zero-order valence-corrected chi connectivity index (χ0v) is 12.8. The predicted molar refractivity (Wildman–Crippen MR) is 77.7 cm³/mol. The van der Waals surface area contributed by atoms with Crippen molar-refractivity contribution >= 4 is 21.6 Å². The Balaban J connectivity index is 2.19. The van der Waals surface area contributed by atoms with Crippen molar-refractivity contribution in [2.75, 3.05) is 5.32 Å². The molecule has 1 atom stereocenters. The van der Waals surface area contributed by atoms with Crippen LogP contribution in [-0.4, -0.2) is 24.7 Å². The second-order valence-corrected chi connectivity index (χ2v) is 7.08. The quantitative estimate of drug-likeness (QED) is 0.934. The Bertz CT molecular complexity index is 748. The van der Waals surface area contributed by atoms with Gasteiger partial charge in [-0.15, -0.1) is 0 Å². The van der Waals surface area contributed by atoms with Gasteiger partial charge in [-0.05, 0) is 32.9 Å². The summed E-state index contributed by atoms with van der Waals surface area (Å²) in [7, 11) is -3.74. The average Bonchev–Trinajstić information content (AvgIpc) is 2.83. The van der Waals surface area contributed by atoms with Gasteiger partial charge in [0.05, 0.1) is 4.90 Å². The Labute approximate surface area is 123 Å². The minimum Gasteiger partial charge on any atom is -0.360 e. The lowest BCUT2D eigenvalue weighted by Gasteiger charge is -2.12. The van der Waals surface area contributed by atoms with Crippen molar-refractivity contribution in [1.82, 2.24) is 5.16 Å². The molecule has 112 valence electrons. The zero-order valence-electron chi connectivity index (χ0n) is 12.0. The van der Waals surface area contributed by atoms with E-state index >= 15 is 0 Å². The van der Waals surface area contributed by atoms with Crippen molar-refractivity contribution in [1.29, 1.82) is 0 Å². The van der Waals surface area contributed by atoms with E-state index in [0.717, 1.165) is 5.56 Å². The Morgan fingerprint density at radius 1 is 1.24 bits per heavy atom. The molecule has 6 nitrogen and oxygen atoms in total. The highest BCUT2D eigenvalue weighted by atomic mass is 32.2. The van der Waals surface area contributed by atoms with Crippen LogP contribution in [0, 0.1) is 13.8 Å². The van der Waals surface area contributed by atoms with E-state index in [0.29, 0.717) is 5.76 Å². The van der Waals surface area contributed by atoms with Crippen LogP contribution in [0.4, 0.5) is 5.82 Å². The number of hydrogen-bond acceptors (Lipinski definition) is 5. The van der Waals surface area contributed by atoms with Crippen LogP contribution in [0.25, 0.3) is 0 Å². The minimum absolute atomic E-state index is 0.118. The highest BCUT2D eigenvalue weighted by molar-refractivity contribution is 7.92. The maximum absolute atomic E-state index is 12.4. The molecule has 0 aliphatic rings. The van der Waals surface area contributed by atoms with Crippen molar-refractivity contribution in [2.45, 2.75) is 30.9 Å². The van der Waals surface area contributed by atoms with Crippen LogP contribution in [0.5, 0.6) is 0 Å². The van der Waals surface area contributed by atoms with Crippen molar-refractivity contribution in [3.63, 3.8) is 0 Å². The Kier molecular flexibility index (Phi) is 4.13. The molecule has 0 aliphatic heterocycles. The smallest absolute Gasteiger partial charge is 0.244 e. The van der Waals surface area contributed by atoms with Gasteiger partial charge in [0.1, 0.15) is 11.0 Å². The number of nitrogens with one attached hydrogen (secondary N) is 1. The largest absolute Gasteiger partial charge is 0.360 e. The standard InChI is InChI=1S/C14H16N2O4S/c1-9-4-6-12(7-5-9)21(18,19)11(3)14(17)15-13-8-10(2)20-16-13/h4-8,11H,1-3H3,(H,15,16,17). The third-order valence-corrected chi connectivity index (χ3v) is 5.14. The van der Waals surface area contributed by atoms with E-state index in [1.54, 1.807) is 19.1 Å². The lowest BCUT2D eigenvalue weighted by Crippen LogP contribution is -2.32. The molecule has 7 heteroatoms. The van der Waals surface area contributed by atoms with Gasteiger partial charge in [-0.3, -0.25) is 4.79 Å². The summed E-state index contributed by atoms with van der Waals surface area (Å²) < 4.78 is 29.6. The molecule has 1 heterocycles. The first-order valence-electron chi connectivity index (χ1n) is 6.35. The first kappa shape index (κ1) is 15.2. The maximum atomic E-state index is 12.4. The van der Waals surface area contributed by atoms with Crippen LogP contribution in [0.15, 0.2) is 39.8 Å². The van der Waals surface area contributed by atoms with E-state index in [9.17, 15) is 13.2 Å². The molecule has 0 bridgehead atoms. The lowest BCUT2D eigenvalue weighted by molar-refractivity contribution is -0.115. The van der Waals surface area contributed by atoms with Crippen molar-refractivity contribution in [3.05, 3.63) is 41.7 Å². The van der Waals surface area contributed by atoms with E-state index in [2.05, 4.69) is 10.5 Å². The molecule has 1 unspecified atom stereocenters. The number of benzene rings is 1. The Hall–Kier alpha value is -2.15. The van der Waals surface area contributed by atoms with Crippen LogP contribution >= 0.6 is 0 Å². The maximum Gasteiger partial charge on any atom is 0.244 e. The molecule has 0 aliphatic carbocycles. The van der Waals surface area contributed by atoms with E-state index in [-0.39, 0.29) is 10.7 Å². The molecule has 0 fully saturated rings. The van der Waals surface area contributed by atoms with Gasteiger partial charge >= 0.3 is 0 Å². The molecule has 1 amide bonds. The third kappa shape index (κ3) is 3.30. The average molecular weight is 308 g/mol. The third-order valence-electron chi connectivity index (χ3n) is 3.06. The van der Waals surface area contributed by atoms with Crippen molar-refractivity contribution in [2.24, 2.45) is 0 Å². The number of rotatable bonds is 4. The second kappa shape index (κ2) is 5.69. The molecule has 21 heavy (non-hydrogen) atoms. The zero-order chi connectivity index (χ0) is 15.6. The number of sulfone groups is 1. The van der Waals surface area contributed by atoms with Crippen LogP contribution < -0.4 is 5.32 Å². The summed E-state index contributed by atoms with van der Waals surface area (Å²) in [6.45, 7) is 4.88. The normalized spacial score (nSPS) is 12.9. The highest BCUT2D eigenvalue weighted by Crippen LogP contribution is 2.18. The Morgan fingerprint density at radius 2 is 1.86 bits per heavy atom. The fraction of sp³-hybridized carbons (Fsp3) is 0.286. The van der Waals surface area contributed by atoms with Crippen LogP contribution in [0.1, 0.15) is 18.2 Å². The molecule has 0 spiro atoms. The van der Waals surface area contributed by atoms with Gasteiger partial charge in [0, 0.05) is 6.07 Å². The predicted octanol–water partition coefficient (Wildman–Crippen LogP) is 2.09. The van der Waals surface area contributed by atoms with Gasteiger partial charge in [-0.25, -0.2) is 8.42 Å². The molecular formula is C14H16N2O4S. The van der Waals surface area contributed by atoms with Crippen LogP contribution in [0.3, 0.4) is 0 Å². The summed E-state index contributed by atoms with van der Waals surface area (Å²) >= 11 is 0. The molecule has 0 saturated heterocycles. The molecule has 0 saturated carbocycles. The van der Waals surface area contributed by atoms with E-state index in [1.165, 1.54) is 25.1 Å². The number of carbonyl (C=O) groups is 1. The number of amides is 1. The van der Waals surface area contributed by atoms with Crippen LogP contribution in [0.2, 0.25) is 0 Å². The number of nitrogens with zero attached hydrogens (tertiary/aromatic N) is 1. The van der Waals surface area contributed by atoms with Gasteiger partial charge in [-0.1, -0.05) is 22.9 Å². The topological polar surface area (TPSA) is 89.3 Å². The molecular weight excluding hydrogens is 292 g/mol. The van der Waals surface area contributed by atoms with Gasteiger partial charge in [-0.2, -0.15) is 0 Å². The molecule has 2 rings (SSSR count). The fourth-order valence-corrected chi connectivity index (χ4v) is 2.99. The minimum atomic E-state index is -3.74. The molecule has 1 N–H and O–H groups in total. The van der Waals surface area contributed by atoms with Gasteiger partial charge < -0.3 is 9.84 Å². The van der Waals surface area contributed by atoms with Crippen LogP contribution in [-0.2, 0) is 14.6 Å². The van der Waals surface area contributed by atoms with E-state index in [1.807, 2.05) is 6.92 Å². The number of aryl methyl sites for hydroxylation is 2. The highest BCUT2D eigenvalue weighted by Gasteiger charge is 2.30. The molecule has 0 radical (unpaired) electrons. The molecule has 1 aromatic carbocycles. The van der Waals surface area contributed by atoms with Gasteiger partial charge in [0.15, 0.2) is 15.7 Å². The summed E-state index contributed by atoms with van der Waals surface area (Å²) in [5, 5.41) is 4.80. The molecule has 1 aromatic heterocycles.